The molecule has 0 saturated heterocycles. The lowest BCUT2D eigenvalue weighted by atomic mass is 10.2. The highest BCUT2D eigenvalue weighted by atomic mass is 35.5. The van der Waals surface area contributed by atoms with Crippen LogP contribution in [0.15, 0.2) is 61.1 Å². The van der Waals surface area contributed by atoms with Gasteiger partial charge in [-0.15, -0.1) is 5.10 Å². The minimum atomic E-state index is 0.555. The lowest BCUT2D eigenvalue weighted by Gasteiger charge is -2.02. The van der Waals surface area contributed by atoms with Gasteiger partial charge in [-0.25, -0.2) is 4.98 Å². The normalized spacial score (nSPS) is 11.0. The first-order chi connectivity index (χ1) is 10.8. The predicted molar refractivity (Wildman–Crippen MR) is 84.5 cm³/mol. The molecule has 0 unspecified atom stereocenters. The van der Waals surface area contributed by atoms with Gasteiger partial charge in [0.1, 0.15) is 0 Å². The van der Waals surface area contributed by atoms with E-state index in [0.29, 0.717) is 16.6 Å². The van der Waals surface area contributed by atoms with Crippen molar-refractivity contribution in [3.63, 3.8) is 0 Å². The van der Waals surface area contributed by atoms with Crippen LogP contribution in [0.1, 0.15) is 0 Å². The number of hydrogen-bond acceptors (Lipinski definition) is 4. The molecule has 0 atom stereocenters. The van der Waals surface area contributed by atoms with Crippen LogP contribution in [0.4, 0.5) is 0 Å². The van der Waals surface area contributed by atoms with E-state index in [4.69, 9.17) is 11.6 Å². The molecule has 0 saturated carbocycles. The molecule has 0 bridgehead atoms. The number of halogens is 1. The van der Waals surface area contributed by atoms with Crippen molar-refractivity contribution in [2.75, 3.05) is 0 Å². The molecule has 3 aromatic heterocycles. The predicted octanol–water partition coefficient (Wildman–Crippen LogP) is 3.51. The van der Waals surface area contributed by atoms with Crippen molar-refractivity contribution in [2.24, 2.45) is 0 Å². The Balaban J connectivity index is 1.89. The number of pyridine rings is 1. The van der Waals surface area contributed by atoms with Gasteiger partial charge in [0.25, 0.3) is 5.78 Å². The zero-order chi connectivity index (χ0) is 14.9. The first kappa shape index (κ1) is 12.9. The molecule has 0 N–H and O–H groups in total. The fourth-order valence-electron chi connectivity index (χ4n) is 2.26. The quantitative estimate of drug-likeness (QED) is 0.568. The van der Waals surface area contributed by atoms with Crippen molar-refractivity contribution in [2.45, 2.75) is 0 Å². The Labute approximate surface area is 131 Å². The van der Waals surface area contributed by atoms with Gasteiger partial charge in [-0.3, -0.25) is 4.98 Å². The minimum absolute atomic E-state index is 0.555. The van der Waals surface area contributed by atoms with E-state index in [1.165, 1.54) is 0 Å². The molecule has 3 heterocycles. The van der Waals surface area contributed by atoms with Crippen molar-refractivity contribution < 1.29 is 0 Å². The number of fused-ring (bicyclic) bond motifs is 1. The van der Waals surface area contributed by atoms with E-state index >= 15 is 0 Å². The number of benzene rings is 1. The Kier molecular flexibility index (Phi) is 3.05. The Morgan fingerprint density at radius 2 is 1.59 bits per heavy atom. The molecule has 4 rings (SSSR count). The van der Waals surface area contributed by atoms with Gasteiger partial charge in [0.2, 0.25) is 0 Å². The van der Waals surface area contributed by atoms with Crippen LogP contribution in [0.3, 0.4) is 0 Å². The number of aromatic nitrogens is 5. The molecule has 0 aliphatic rings. The first-order valence-corrected chi connectivity index (χ1v) is 7.07. The van der Waals surface area contributed by atoms with Gasteiger partial charge in [-0.2, -0.15) is 9.50 Å². The van der Waals surface area contributed by atoms with E-state index in [2.05, 4.69) is 20.1 Å². The van der Waals surface area contributed by atoms with Gasteiger partial charge < -0.3 is 0 Å². The molecule has 0 spiro atoms. The van der Waals surface area contributed by atoms with Crippen LogP contribution in [-0.2, 0) is 0 Å². The number of hydrogen-bond donors (Lipinski definition) is 0. The summed E-state index contributed by atoms with van der Waals surface area (Å²) in [5.74, 6) is 1.17. The van der Waals surface area contributed by atoms with E-state index in [0.717, 1.165) is 16.8 Å². The van der Waals surface area contributed by atoms with Crippen molar-refractivity contribution in [1.29, 1.82) is 0 Å². The monoisotopic (exact) mass is 307 g/mol. The second-order valence-corrected chi connectivity index (χ2v) is 5.16. The highest BCUT2D eigenvalue weighted by Gasteiger charge is 2.11. The zero-order valence-corrected chi connectivity index (χ0v) is 12.1. The summed E-state index contributed by atoms with van der Waals surface area (Å²) >= 11 is 5.92. The largest absolute Gasteiger partial charge is 0.265 e. The Hall–Kier alpha value is -2.79. The average molecular weight is 308 g/mol. The fraction of sp³-hybridized carbons (Fsp3) is 0. The lowest BCUT2D eigenvalue weighted by Crippen LogP contribution is -1.95. The van der Waals surface area contributed by atoms with E-state index in [9.17, 15) is 0 Å². The summed E-state index contributed by atoms with van der Waals surface area (Å²) in [4.78, 5) is 12.8. The molecule has 22 heavy (non-hydrogen) atoms. The molecule has 0 aliphatic carbocycles. The minimum Gasteiger partial charge on any atom is -0.265 e. The third kappa shape index (κ3) is 2.21. The van der Waals surface area contributed by atoms with Gasteiger partial charge in [0.05, 0.1) is 5.69 Å². The van der Waals surface area contributed by atoms with Crippen molar-refractivity contribution in [3.8, 4) is 22.6 Å². The van der Waals surface area contributed by atoms with Crippen LogP contribution < -0.4 is 0 Å². The molecule has 0 aliphatic heterocycles. The standard InChI is InChI=1S/C16H10ClN5/c17-13-3-1-12(2-4-13)15-20-16-19-10-7-14(22(16)21-15)11-5-8-18-9-6-11/h1-10H. The number of nitrogens with zero attached hydrogens (tertiary/aromatic N) is 5. The number of rotatable bonds is 2. The Morgan fingerprint density at radius 3 is 2.36 bits per heavy atom. The first-order valence-electron chi connectivity index (χ1n) is 6.69. The third-order valence-corrected chi connectivity index (χ3v) is 3.57. The van der Waals surface area contributed by atoms with Crippen LogP contribution in [0.25, 0.3) is 28.4 Å². The maximum absolute atomic E-state index is 5.92. The summed E-state index contributed by atoms with van der Waals surface area (Å²) in [6.45, 7) is 0. The SMILES string of the molecule is Clc1ccc(-c2nc3nccc(-c4ccncc4)n3n2)cc1. The van der Waals surface area contributed by atoms with Crippen molar-refractivity contribution >= 4 is 17.4 Å². The molecule has 1 aromatic carbocycles. The third-order valence-electron chi connectivity index (χ3n) is 3.32. The summed E-state index contributed by atoms with van der Waals surface area (Å²) < 4.78 is 1.74. The Morgan fingerprint density at radius 1 is 0.818 bits per heavy atom. The van der Waals surface area contributed by atoms with Crippen molar-refractivity contribution in [1.82, 2.24) is 24.6 Å². The van der Waals surface area contributed by atoms with Crippen molar-refractivity contribution in [3.05, 3.63) is 66.1 Å². The van der Waals surface area contributed by atoms with Crippen LogP contribution in [0.5, 0.6) is 0 Å². The van der Waals surface area contributed by atoms with Gasteiger partial charge in [-0.1, -0.05) is 11.6 Å². The Bertz CT molecular complexity index is 932. The molecule has 4 aromatic rings. The van der Waals surface area contributed by atoms with Gasteiger partial charge in [-0.05, 0) is 42.5 Å². The molecular weight excluding hydrogens is 298 g/mol. The van der Waals surface area contributed by atoms with Gasteiger partial charge in [0.15, 0.2) is 5.82 Å². The highest BCUT2D eigenvalue weighted by molar-refractivity contribution is 6.30. The van der Waals surface area contributed by atoms with Gasteiger partial charge >= 0.3 is 0 Å². The summed E-state index contributed by atoms with van der Waals surface area (Å²) in [5.41, 5.74) is 2.82. The fourth-order valence-corrected chi connectivity index (χ4v) is 2.38. The zero-order valence-electron chi connectivity index (χ0n) is 11.4. The van der Waals surface area contributed by atoms with E-state index in [1.807, 2.05) is 42.5 Å². The average Bonchev–Trinajstić information content (AvgIpc) is 3.00. The van der Waals surface area contributed by atoms with Crippen LogP contribution in [0, 0.1) is 0 Å². The van der Waals surface area contributed by atoms with E-state index in [1.54, 1.807) is 23.1 Å². The smallest absolute Gasteiger partial charge is 0.253 e. The van der Waals surface area contributed by atoms with E-state index in [-0.39, 0.29) is 0 Å². The molecule has 106 valence electrons. The maximum atomic E-state index is 5.92. The molecular formula is C16H10ClN5. The molecule has 0 fully saturated rings. The van der Waals surface area contributed by atoms with Crippen LogP contribution in [-0.4, -0.2) is 24.6 Å². The van der Waals surface area contributed by atoms with E-state index < -0.39 is 0 Å². The lowest BCUT2D eigenvalue weighted by molar-refractivity contribution is 0.950. The highest BCUT2D eigenvalue weighted by Crippen LogP contribution is 2.22. The summed E-state index contributed by atoms with van der Waals surface area (Å²) in [6.07, 6.45) is 5.22. The molecule has 0 radical (unpaired) electrons. The summed E-state index contributed by atoms with van der Waals surface area (Å²) in [6, 6.07) is 13.2. The molecule has 5 nitrogen and oxygen atoms in total. The second kappa shape index (κ2) is 5.20. The molecule has 6 heteroatoms. The summed E-state index contributed by atoms with van der Waals surface area (Å²) in [5, 5.41) is 5.25. The topological polar surface area (TPSA) is 56.0 Å². The maximum Gasteiger partial charge on any atom is 0.253 e. The molecule has 0 amide bonds. The van der Waals surface area contributed by atoms with Crippen LogP contribution >= 0.6 is 11.6 Å². The summed E-state index contributed by atoms with van der Waals surface area (Å²) in [7, 11) is 0. The van der Waals surface area contributed by atoms with Gasteiger partial charge in [0, 0.05) is 34.7 Å². The van der Waals surface area contributed by atoms with Crippen LogP contribution in [0.2, 0.25) is 5.02 Å². The second-order valence-electron chi connectivity index (χ2n) is 4.72.